The minimum absolute atomic E-state index is 1.09. The van der Waals surface area contributed by atoms with Crippen LogP contribution in [0.5, 0.6) is 0 Å². The molecule has 1 aromatic heterocycles. The van der Waals surface area contributed by atoms with E-state index in [0.29, 0.717) is 0 Å². The lowest BCUT2D eigenvalue weighted by molar-refractivity contribution is 1.18. The number of pyridine rings is 1. The minimum atomic E-state index is 1.09. The lowest BCUT2D eigenvalue weighted by Crippen LogP contribution is -1.87. The molecule has 0 atom stereocenters. The Morgan fingerprint density at radius 1 is 1.46 bits per heavy atom. The van der Waals surface area contributed by atoms with Gasteiger partial charge in [0.25, 0.3) is 0 Å². The summed E-state index contributed by atoms with van der Waals surface area (Å²) in [4.78, 5) is 5.74. The van der Waals surface area contributed by atoms with Gasteiger partial charge < -0.3 is 0 Å². The SMILES string of the molecule is CC/C(SC)=C(\C)c1ccccn1. The van der Waals surface area contributed by atoms with Gasteiger partial charge in [-0.25, -0.2) is 0 Å². The van der Waals surface area contributed by atoms with Gasteiger partial charge in [0, 0.05) is 6.20 Å². The summed E-state index contributed by atoms with van der Waals surface area (Å²) in [5.74, 6) is 0. The number of nitrogens with zero attached hydrogens (tertiary/aromatic N) is 1. The van der Waals surface area contributed by atoms with E-state index in [9.17, 15) is 0 Å². The van der Waals surface area contributed by atoms with Crippen molar-refractivity contribution in [1.29, 1.82) is 0 Å². The zero-order chi connectivity index (χ0) is 9.68. The van der Waals surface area contributed by atoms with Crippen LogP contribution in [0, 0.1) is 0 Å². The largest absolute Gasteiger partial charge is 0.257 e. The average molecular weight is 193 g/mol. The van der Waals surface area contributed by atoms with E-state index in [1.165, 1.54) is 10.5 Å². The molecule has 0 aliphatic rings. The van der Waals surface area contributed by atoms with Gasteiger partial charge in [-0.05, 0) is 42.2 Å². The minimum Gasteiger partial charge on any atom is -0.257 e. The fourth-order valence-electron chi connectivity index (χ4n) is 1.29. The molecule has 2 heteroatoms. The van der Waals surface area contributed by atoms with E-state index in [2.05, 4.69) is 31.2 Å². The Morgan fingerprint density at radius 2 is 2.23 bits per heavy atom. The van der Waals surface area contributed by atoms with Crippen LogP contribution in [0.1, 0.15) is 26.0 Å². The van der Waals surface area contributed by atoms with Gasteiger partial charge in [-0.2, -0.15) is 0 Å². The Balaban J connectivity index is 3.01. The van der Waals surface area contributed by atoms with Crippen LogP contribution in [0.25, 0.3) is 5.57 Å². The van der Waals surface area contributed by atoms with Crippen molar-refractivity contribution < 1.29 is 0 Å². The number of hydrogen-bond acceptors (Lipinski definition) is 2. The molecule has 1 nitrogen and oxygen atoms in total. The zero-order valence-corrected chi connectivity index (χ0v) is 9.19. The van der Waals surface area contributed by atoms with Crippen LogP contribution in [0.15, 0.2) is 29.3 Å². The van der Waals surface area contributed by atoms with Crippen molar-refractivity contribution in [2.75, 3.05) is 6.26 Å². The number of aromatic nitrogens is 1. The number of thioether (sulfide) groups is 1. The predicted octanol–water partition coefficient (Wildman–Crippen LogP) is 3.59. The van der Waals surface area contributed by atoms with Gasteiger partial charge in [0.05, 0.1) is 5.69 Å². The molecule has 13 heavy (non-hydrogen) atoms. The summed E-state index contributed by atoms with van der Waals surface area (Å²) in [7, 11) is 0. The van der Waals surface area contributed by atoms with Gasteiger partial charge in [-0.15, -0.1) is 11.8 Å². The van der Waals surface area contributed by atoms with Gasteiger partial charge in [0.2, 0.25) is 0 Å². The van der Waals surface area contributed by atoms with Gasteiger partial charge in [-0.1, -0.05) is 13.0 Å². The second-order valence-corrected chi connectivity index (χ2v) is 3.72. The van der Waals surface area contributed by atoms with Gasteiger partial charge >= 0.3 is 0 Å². The first-order valence-corrected chi connectivity index (χ1v) is 5.67. The highest BCUT2D eigenvalue weighted by molar-refractivity contribution is 8.02. The summed E-state index contributed by atoms with van der Waals surface area (Å²) in [5.41, 5.74) is 2.39. The summed E-state index contributed by atoms with van der Waals surface area (Å²) in [6.45, 7) is 4.32. The molecular formula is C11H15NS. The maximum Gasteiger partial charge on any atom is 0.0666 e. The Morgan fingerprint density at radius 3 is 2.69 bits per heavy atom. The smallest absolute Gasteiger partial charge is 0.0666 e. The zero-order valence-electron chi connectivity index (χ0n) is 8.37. The highest BCUT2D eigenvalue weighted by Gasteiger charge is 2.01. The average Bonchev–Trinajstić information content (AvgIpc) is 2.21. The van der Waals surface area contributed by atoms with Crippen molar-refractivity contribution in [2.45, 2.75) is 20.3 Å². The second-order valence-electron chi connectivity index (χ2n) is 2.82. The number of allylic oxidation sites excluding steroid dienone is 2. The monoisotopic (exact) mass is 193 g/mol. The molecule has 0 spiro atoms. The maximum absolute atomic E-state index is 4.32. The Labute approximate surface area is 84.3 Å². The Kier molecular flexibility index (Phi) is 4.03. The van der Waals surface area contributed by atoms with Crippen LogP contribution in [-0.4, -0.2) is 11.2 Å². The van der Waals surface area contributed by atoms with E-state index in [-0.39, 0.29) is 0 Å². The molecule has 0 bridgehead atoms. The van der Waals surface area contributed by atoms with Crippen molar-refractivity contribution >= 4 is 17.3 Å². The standard InChI is InChI=1S/C11H15NS/c1-4-11(13-3)9(2)10-7-5-6-8-12-10/h5-8H,4H2,1-3H3/b11-9-. The van der Waals surface area contributed by atoms with Crippen molar-refractivity contribution in [1.82, 2.24) is 4.98 Å². The van der Waals surface area contributed by atoms with Crippen molar-refractivity contribution in [3.8, 4) is 0 Å². The van der Waals surface area contributed by atoms with Crippen LogP contribution in [-0.2, 0) is 0 Å². The molecular weight excluding hydrogens is 178 g/mol. The summed E-state index contributed by atoms with van der Waals surface area (Å²) >= 11 is 1.81. The van der Waals surface area contributed by atoms with Crippen LogP contribution in [0.3, 0.4) is 0 Å². The van der Waals surface area contributed by atoms with Gasteiger partial charge in [0.15, 0.2) is 0 Å². The first-order valence-electron chi connectivity index (χ1n) is 4.44. The Hall–Kier alpha value is -0.760. The summed E-state index contributed by atoms with van der Waals surface area (Å²) in [6, 6.07) is 6.03. The van der Waals surface area contributed by atoms with Gasteiger partial charge in [0.1, 0.15) is 0 Å². The third-order valence-electron chi connectivity index (χ3n) is 2.03. The summed E-state index contributed by atoms with van der Waals surface area (Å²) in [5, 5.41) is 0. The quantitative estimate of drug-likeness (QED) is 0.727. The molecule has 0 N–H and O–H groups in total. The molecule has 0 saturated carbocycles. The third kappa shape index (κ3) is 2.59. The van der Waals surface area contributed by atoms with Crippen LogP contribution >= 0.6 is 11.8 Å². The topological polar surface area (TPSA) is 12.9 Å². The maximum atomic E-state index is 4.32. The fraction of sp³-hybridized carbons (Fsp3) is 0.364. The van der Waals surface area contributed by atoms with E-state index in [4.69, 9.17) is 0 Å². The molecule has 0 aliphatic carbocycles. The predicted molar refractivity (Wildman–Crippen MR) is 60.6 cm³/mol. The molecule has 0 aromatic carbocycles. The van der Waals surface area contributed by atoms with Crippen LogP contribution in [0.2, 0.25) is 0 Å². The molecule has 1 rings (SSSR count). The first kappa shape index (κ1) is 10.3. The van der Waals surface area contributed by atoms with Crippen LogP contribution < -0.4 is 0 Å². The van der Waals surface area contributed by atoms with Gasteiger partial charge in [-0.3, -0.25) is 4.98 Å². The molecule has 0 unspecified atom stereocenters. The molecule has 1 aromatic rings. The summed E-state index contributed by atoms with van der Waals surface area (Å²) in [6.07, 6.45) is 5.04. The van der Waals surface area contributed by atoms with Crippen molar-refractivity contribution in [2.24, 2.45) is 0 Å². The van der Waals surface area contributed by atoms with E-state index in [1.807, 2.05) is 30.1 Å². The first-order chi connectivity index (χ1) is 6.29. The van der Waals surface area contributed by atoms with Crippen molar-refractivity contribution in [3.05, 3.63) is 35.0 Å². The number of hydrogen-bond donors (Lipinski definition) is 0. The van der Waals surface area contributed by atoms with E-state index in [1.54, 1.807) is 0 Å². The highest BCUT2D eigenvalue weighted by atomic mass is 32.2. The lowest BCUT2D eigenvalue weighted by atomic mass is 10.1. The third-order valence-corrected chi connectivity index (χ3v) is 3.12. The van der Waals surface area contributed by atoms with E-state index in [0.717, 1.165) is 12.1 Å². The highest BCUT2D eigenvalue weighted by Crippen LogP contribution is 2.25. The normalized spacial score (nSPS) is 12.5. The second kappa shape index (κ2) is 5.07. The molecule has 1 heterocycles. The lowest BCUT2D eigenvalue weighted by Gasteiger charge is -2.06. The van der Waals surface area contributed by atoms with E-state index < -0.39 is 0 Å². The summed E-state index contributed by atoms with van der Waals surface area (Å²) < 4.78 is 0. The van der Waals surface area contributed by atoms with E-state index >= 15 is 0 Å². The molecule has 0 aliphatic heterocycles. The molecule has 70 valence electrons. The van der Waals surface area contributed by atoms with Crippen molar-refractivity contribution in [3.63, 3.8) is 0 Å². The molecule has 0 radical (unpaired) electrons. The molecule has 0 amide bonds. The van der Waals surface area contributed by atoms with Crippen LogP contribution in [0.4, 0.5) is 0 Å². The number of rotatable bonds is 3. The molecule has 0 saturated heterocycles. The fourth-order valence-corrected chi connectivity index (χ4v) is 1.99. The Bertz CT molecular complexity index is 284. The molecule has 0 fully saturated rings.